The molecule has 0 radical (unpaired) electrons. The first-order valence-electron chi connectivity index (χ1n) is 4.71. The van der Waals surface area contributed by atoms with Gasteiger partial charge in [-0.25, -0.2) is 4.79 Å². The van der Waals surface area contributed by atoms with Gasteiger partial charge < -0.3 is 29.5 Å². The number of ether oxygens (including phenoxy) is 3. The lowest BCUT2D eigenvalue weighted by atomic mass is 10.1. The number of aliphatic hydroxyl groups excluding tert-OH is 3. The van der Waals surface area contributed by atoms with Crippen molar-refractivity contribution in [2.24, 2.45) is 0 Å². The number of carbonyl (C=O) groups excluding carboxylic acids is 1. The molecule has 0 aromatic rings. The van der Waals surface area contributed by atoms with Gasteiger partial charge >= 0.3 is 5.97 Å². The molecule has 0 aliphatic carbocycles. The second kappa shape index (κ2) is 7.53. The van der Waals surface area contributed by atoms with E-state index in [1.54, 1.807) is 0 Å². The van der Waals surface area contributed by atoms with Gasteiger partial charge in [0, 0.05) is 7.11 Å². The van der Waals surface area contributed by atoms with Gasteiger partial charge in [-0.15, -0.1) is 0 Å². The Morgan fingerprint density at radius 1 is 1.31 bits per heavy atom. The van der Waals surface area contributed by atoms with Crippen LogP contribution in [-0.2, 0) is 19.0 Å². The van der Waals surface area contributed by atoms with Gasteiger partial charge in [0.15, 0.2) is 12.4 Å². The molecule has 7 nitrogen and oxygen atoms in total. The third kappa shape index (κ3) is 4.42. The van der Waals surface area contributed by atoms with Gasteiger partial charge in [0.25, 0.3) is 0 Å². The molecule has 96 valence electrons. The summed E-state index contributed by atoms with van der Waals surface area (Å²) in [6, 6.07) is 0. The summed E-state index contributed by atoms with van der Waals surface area (Å²) in [6.07, 6.45) is -5.25. The van der Waals surface area contributed by atoms with E-state index in [1.165, 1.54) is 14.0 Å². The first kappa shape index (κ1) is 15.3. The number of esters is 1. The fourth-order valence-electron chi connectivity index (χ4n) is 0.963. The van der Waals surface area contributed by atoms with Gasteiger partial charge in [-0.3, -0.25) is 0 Å². The zero-order valence-electron chi connectivity index (χ0n) is 9.49. The molecule has 0 aromatic heterocycles. The Morgan fingerprint density at radius 3 is 2.25 bits per heavy atom. The Morgan fingerprint density at radius 2 is 1.88 bits per heavy atom. The van der Waals surface area contributed by atoms with Gasteiger partial charge in [0.1, 0.15) is 12.2 Å². The largest absolute Gasteiger partial charge is 0.467 e. The Hall–Kier alpha value is -0.730. The van der Waals surface area contributed by atoms with Gasteiger partial charge in [-0.05, 0) is 6.92 Å². The average molecular weight is 238 g/mol. The zero-order chi connectivity index (χ0) is 12.7. The van der Waals surface area contributed by atoms with Crippen molar-refractivity contribution < 1.29 is 34.3 Å². The number of hydrogen-bond donors (Lipinski definition) is 3. The van der Waals surface area contributed by atoms with Crippen LogP contribution >= 0.6 is 0 Å². The van der Waals surface area contributed by atoms with Crippen LogP contribution < -0.4 is 0 Å². The van der Waals surface area contributed by atoms with Crippen LogP contribution in [0.15, 0.2) is 0 Å². The van der Waals surface area contributed by atoms with Crippen LogP contribution in [0.2, 0.25) is 0 Å². The Kier molecular flexibility index (Phi) is 7.18. The summed E-state index contributed by atoms with van der Waals surface area (Å²) in [5.41, 5.74) is 0. The molecular formula is C9H18O7. The van der Waals surface area contributed by atoms with Crippen LogP contribution in [0.25, 0.3) is 0 Å². The molecule has 0 spiro atoms. The Balaban J connectivity index is 4.59. The fourth-order valence-corrected chi connectivity index (χ4v) is 0.963. The highest BCUT2D eigenvalue weighted by molar-refractivity contribution is 5.75. The van der Waals surface area contributed by atoms with Gasteiger partial charge in [-0.1, -0.05) is 0 Å². The molecule has 3 N–H and O–H groups in total. The summed E-state index contributed by atoms with van der Waals surface area (Å²) < 4.78 is 14.2. The summed E-state index contributed by atoms with van der Waals surface area (Å²) >= 11 is 0. The van der Waals surface area contributed by atoms with E-state index < -0.39 is 37.2 Å². The lowest BCUT2D eigenvalue weighted by Crippen LogP contribution is -2.47. The third-order valence-corrected chi connectivity index (χ3v) is 2.00. The number of methoxy groups -OCH3 is 2. The molecule has 0 saturated heterocycles. The highest BCUT2D eigenvalue weighted by Gasteiger charge is 2.35. The van der Waals surface area contributed by atoms with Crippen molar-refractivity contribution in [3.05, 3.63) is 0 Å². The number of aliphatic hydroxyl groups is 3. The van der Waals surface area contributed by atoms with Crippen molar-refractivity contribution in [1.29, 1.82) is 0 Å². The minimum absolute atomic E-state index is 0.695. The van der Waals surface area contributed by atoms with Crippen LogP contribution in [0.4, 0.5) is 0 Å². The molecule has 0 saturated carbocycles. The minimum Gasteiger partial charge on any atom is -0.467 e. The van der Waals surface area contributed by atoms with Crippen LogP contribution in [0, 0.1) is 0 Å². The van der Waals surface area contributed by atoms with Crippen molar-refractivity contribution in [3.63, 3.8) is 0 Å². The van der Waals surface area contributed by atoms with Crippen LogP contribution in [-0.4, -0.2) is 66.7 Å². The van der Waals surface area contributed by atoms with Gasteiger partial charge in [-0.2, -0.15) is 0 Å². The second-order valence-electron chi connectivity index (χ2n) is 3.12. The maximum atomic E-state index is 11.3. The normalized spacial score (nSPS) is 18.6. The highest BCUT2D eigenvalue weighted by atomic mass is 16.7. The fraction of sp³-hybridized carbons (Fsp3) is 0.889. The molecule has 0 rings (SSSR count). The first-order valence-corrected chi connectivity index (χ1v) is 4.71. The lowest BCUT2D eigenvalue weighted by Gasteiger charge is -2.26. The molecule has 4 unspecified atom stereocenters. The molecule has 0 amide bonds. The van der Waals surface area contributed by atoms with Crippen molar-refractivity contribution in [2.45, 2.75) is 31.5 Å². The molecule has 16 heavy (non-hydrogen) atoms. The molecular weight excluding hydrogens is 220 g/mol. The van der Waals surface area contributed by atoms with E-state index in [9.17, 15) is 15.0 Å². The SMILES string of the molecule is COC(=O)C(OC(C)OC)C(O)C(O)CO. The van der Waals surface area contributed by atoms with Crippen molar-refractivity contribution in [3.8, 4) is 0 Å². The number of hydrogen-bond acceptors (Lipinski definition) is 7. The number of rotatable bonds is 7. The van der Waals surface area contributed by atoms with E-state index in [-0.39, 0.29) is 0 Å². The maximum absolute atomic E-state index is 11.3. The van der Waals surface area contributed by atoms with E-state index in [2.05, 4.69) is 4.74 Å². The molecule has 0 aliphatic heterocycles. The van der Waals surface area contributed by atoms with E-state index in [1.807, 2.05) is 0 Å². The van der Waals surface area contributed by atoms with Gasteiger partial charge in [0.05, 0.1) is 13.7 Å². The van der Waals surface area contributed by atoms with Crippen LogP contribution in [0.1, 0.15) is 6.92 Å². The first-order chi connectivity index (χ1) is 7.47. The summed E-state index contributed by atoms with van der Waals surface area (Å²) in [5.74, 6) is -0.857. The van der Waals surface area contributed by atoms with E-state index in [0.29, 0.717) is 0 Å². The molecule has 0 aromatic carbocycles. The molecule has 7 heteroatoms. The molecule has 0 aliphatic rings. The molecule has 0 fully saturated rings. The third-order valence-electron chi connectivity index (χ3n) is 2.00. The maximum Gasteiger partial charge on any atom is 0.337 e. The molecule has 4 atom stereocenters. The average Bonchev–Trinajstić information content (AvgIpc) is 2.32. The van der Waals surface area contributed by atoms with E-state index >= 15 is 0 Å². The van der Waals surface area contributed by atoms with E-state index in [4.69, 9.17) is 14.6 Å². The predicted molar refractivity (Wildman–Crippen MR) is 52.5 cm³/mol. The topological polar surface area (TPSA) is 105 Å². The highest BCUT2D eigenvalue weighted by Crippen LogP contribution is 2.10. The van der Waals surface area contributed by atoms with Crippen molar-refractivity contribution in [2.75, 3.05) is 20.8 Å². The summed E-state index contributed by atoms with van der Waals surface area (Å²) in [4.78, 5) is 11.3. The standard InChI is InChI=1S/C9H18O7/c1-5(14-2)16-8(9(13)15-3)7(12)6(11)4-10/h5-8,10-12H,4H2,1-3H3. The van der Waals surface area contributed by atoms with E-state index in [0.717, 1.165) is 7.11 Å². The quantitative estimate of drug-likeness (QED) is 0.357. The minimum atomic E-state index is -1.59. The lowest BCUT2D eigenvalue weighted by molar-refractivity contribution is -0.205. The number of carbonyl (C=O) groups is 1. The second-order valence-corrected chi connectivity index (χ2v) is 3.12. The van der Waals surface area contributed by atoms with Crippen LogP contribution in [0.3, 0.4) is 0 Å². The van der Waals surface area contributed by atoms with Crippen molar-refractivity contribution in [1.82, 2.24) is 0 Å². The Labute approximate surface area is 93.5 Å². The summed E-state index contributed by atoms with van der Waals surface area (Å²) in [7, 11) is 2.47. The summed E-state index contributed by atoms with van der Waals surface area (Å²) in [5, 5.41) is 27.4. The monoisotopic (exact) mass is 238 g/mol. The summed E-state index contributed by atoms with van der Waals surface area (Å²) in [6.45, 7) is 0.813. The van der Waals surface area contributed by atoms with Crippen LogP contribution in [0.5, 0.6) is 0 Å². The molecule has 0 heterocycles. The predicted octanol–water partition coefficient (Wildman–Crippen LogP) is -1.75. The van der Waals surface area contributed by atoms with Crippen molar-refractivity contribution >= 4 is 5.97 Å². The molecule has 0 bridgehead atoms. The smallest absolute Gasteiger partial charge is 0.337 e. The Bertz CT molecular complexity index is 208. The van der Waals surface area contributed by atoms with Gasteiger partial charge in [0.2, 0.25) is 0 Å². The zero-order valence-corrected chi connectivity index (χ0v) is 9.49.